The van der Waals surface area contributed by atoms with Crippen molar-refractivity contribution in [1.29, 1.82) is 0 Å². The molecule has 0 aliphatic carbocycles. The van der Waals surface area contributed by atoms with Crippen LogP contribution in [-0.2, 0) is 10.0 Å². The van der Waals surface area contributed by atoms with Crippen molar-refractivity contribution in [2.24, 2.45) is 5.92 Å². The summed E-state index contributed by atoms with van der Waals surface area (Å²) < 4.78 is 28.1. The molecular formula is C20H26N6O2S. The van der Waals surface area contributed by atoms with Gasteiger partial charge in [0.15, 0.2) is 5.82 Å². The maximum absolute atomic E-state index is 12.3. The Hall–Kier alpha value is -2.52. The number of sulfonamides is 1. The number of fused-ring (bicyclic) bond motifs is 1. The number of piperidine rings is 1. The first kappa shape index (κ1) is 19.8. The van der Waals surface area contributed by atoms with Crippen molar-refractivity contribution in [1.82, 2.24) is 23.7 Å². The summed E-state index contributed by atoms with van der Waals surface area (Å²) in [6, 6.07) is 5.80. The van der Waals surface area contributed by atoms with Gasteiger partial charge >= 0.3 is 0 Å². The number of imidazole rings is 1. The minimum Gasteiger partial charge on any atom is -0.366 e. The van der Waals surface area contributed by atoms with Crippen LogP contribution in [0.25, 0.3) is 17.2 Å². The maximum atomic E-state index is 12.3. The van der Waals surface area contributed by atoms with Crippen LogP contribution in [0.15, 0.2) is 36.8 Å². The van der Waals surface area contributed by atoms with Crippen molar-refractivity contribution >= 4 is 21.5 Å². The van der Waals surface area contributed by atoms with Crippen molar-refractivity contribution in [3.8, 4) is 11.5 Å². The molecule has 1 aliphatic rings. The lowest BCUT2D eigenvalue weighted by molar-refractivity contribution is 0.265. The van der Waals surface area contributed by atoms with Crippen molar-refractivity contribution in [3.63, 3.8) is 0 Å². The smallest absolute Gasteiger partial charge is 0.213 e. The number of nitrogens with zero attached hydrogens (tertiary/aromatic N) is 5. The normalized spacial score (nSPS) is 20.8. The van der Waals surface area contributed by atoms with Crippen LogP contribution in [0.4, 0.5) is 5.82 Å². The highest BCUT2D eigenvalue weighted by molar-refractivity contribution is 7.89. The quantitative estimate of drug-likeness (QED) is 0.690. The first-order chi connectivity index (χ1) is 13.9. The minimum atomic E-state index is -3.19. The van der Waals surface area contributed by atoms with E-state index in [1.54, 1.807) is 23.6 Å². The molecule has 8 nitrogen and oxygen atoms in total. The third kappa shape index (κ3) is 3.97. The lowest BCUT2D eigenvalue weighted by atomic mass is 9.95. The Morgan fingerprint density at radius 2 is 2.07 bits per heavy atom. The second-order valence-corrected chi connectivity index (χ2v) is 9.88. The summed E-state index contributed by atoms with van der Waals surface area (Å²) in [5, 5.41) is 3.43. The van der Waals surface area contributed by atoms with Crippen molar-refractivity contribution in [2.45, 2.75) is 33.2 Å². The number of rotatable bonds is 5. The average Bonchev–Trinajstić information content (AvgIpc) is 3.13. The van der Waals surface area contributed by atoms with Gasteiger partial charge in [-0.05, 0) is 43.9 Å². The molecule has 0 radical (unpaired) electrons. The largest absolute Gasteiger partial charge is 0.366 e. The molecule has 1 saturated heterocycles. The van der Waals surface area contributed by atoms with Crippen LogP contribution in [0.2, 0.25) is 0 Å². The third-order valence-electron chi connectivity index (χ3n) is 5.55. The Morgan fingerprint density at radius 1 is 1.24 bits per heavy atom. The zero-order valence-electron chi connectivity index (χ0n) is 16.9. The molecule has 1 fully saturated rings. The van der Waals surface area contributed by atoms with Crippen LogP contribution in [0.5, 0.6) is 0 Å². The maximum Gasteiger partial charge on any atom is 0.213 e. The van der Waals surface area contributed by atoms with E-state index < -0.39 is 10.0 Å². The van der Waals surface area contributed by atoms with Gasteiger partial charge in [0.25, 0.3) is 0 Å². The molecule has 3 aromatic heterocycles. The summed E-state index contributed by atoms with van der Waals surface area (Å²) in [5.41, 5.74) is 2.78. The van der Waals surface area contributed by atoms with E-state index in [1.807, 2.05) is 35.7 Å². The van der Waals surface area contributed by atoms with Crippen LogP contribution in [0, 0.1) is 12.8 Å². The Morgan fingerprint density at radius 3 is 2.86 bits per heavy atom. The molecule has 0 amide bonds. The number of nitrogens with one attached hydrogen (secondary N) is 1. The van der Waals surface area contributed by atoms with E-state index in [0.29, 0.717) is 30.6 Å². The fraction of sp³-hybridized carbons (Fsp3) is 0.450. The second kappa shape index (κ2) is 7.72. The van der Waals surface area contributed by atoms with Gasteiger partial charge in [-0.3, -0.25) is 4.40 Å². The number of aromatic nitrogens is 4. The molecular weight excluding hydrogens is 388 g/mol. The molecule has 1 aliphatic heterocycles. The third-order valence-corrected chi connectivity index (χ3v) is 7.40. The molecule has 4 rings (SSSR count). The molecule has 0 saturated carbocycles. The van der Waals surface area contributed by atoms with E-state index in [9.17, 15) is 8.42 Å². The van der Waals surface area contributed by atoms with Crippen LogP contribution < -0.4 is 5.32 Å². The van der Waals surface area contributed by atoms with Crippen molar-refractivity contribution < 1.29 is 8.42 Å². The molecule has 0 aromatic carbocycles. The topological polar surface area (TPSA) is 92.5 Å². The highest BCUT2D eigenvalue weighted by Crippen LogP contribution is 2.24. The van der Waals surface area contributed by atoms with Gasteiger partial charge in [0.05, 0.1) is 11.9 Å². The van der Waals surface area contributed by atoms with Gasteiger partial charge in [0.1, 0.15) is 17.2 Å². The summed E-state index contributed by atoms with van der Waals surface area (Å²) in [6.45, 7) is 6.88. The molecule has 0 unspecified atom stereocenters. The number of pyridine rings is 1. The lowest BCUT2D eigenvalue weighted by Crippen LogP contribution is -2.49. The molecule has 9 heteroatoms. The van der Waals surface area contributed by atoms with E-state index in [0.717, 1.165) is 23.3 Å². The summed E-state index contributed by atoms with van der Waals surface area (Å²) in [5.74, 6) is 1.73. The Bertz CT molecular complexity index is 1130. The van der Waals surface area contributed by atoms with E-state index in [1.165, 1.54) is 0 Å². The zero-order valence-corrected chi connectivity index (χ0v) is 17.7. The predicted molar refractivity (Wildman–Crippen MR) is 113 cm³/mol. The van der Waals surface area contributed by atoms with Gasteiger partial charge in [-0.15, -0.1) is 0 Å². The van der Waals surface area contributed by atoms with Gasteiger partial charge in [-0.25, -0.2) is 23.4 Å². The van der Waals surface area contributed by atoms with E-state index in [2.05, 4.69) is 27.2 Å². The Labute approximate surface area is 171 Å². The lowest BCUT2D eigenvalue weighted by Gasteiger charge is -2.36. The van der Waals surface area contributed by atoms with Gasteiger partial charge in [-0.2, -0.15) is 4.31 Å². The Kier molecular flexibility index (Phi) is 5.26. The zero-order chi connectivity index (χ0) is 20.6. The van der Waals surface area contributed by atoms with Gasteiger partial charge in [0.2, 0.25) is 10.0 Å². The average molecular weight is 415 g/mol. The summed E-state index contributed by atoms with van der Waals surface area (Å²) in [7, 11) is -3.19. The molecule has 1 N–H and O–H groups in total. The monoisotopic (exact) mass is 414 g/mol. The molecule has 3 aromatic rings. The summed E-state index contributed by atoms with van der Waals surface area (Å²) in [4.78, 5) is 13.5. The van der Waals surface area contributed by atoms with Crippen molar-refractivity contribution in [3.05, 3.63) is 42.4 Å². The number of anilines is 1. The number of hydrogen-bond donors (Lipinski definition) is 1. The summed E-state index contributed by atoms with van der Waals surface area (Å²) in [6.07, 6.45) is 6.32. The standard InChI is InChI=1S/C20H26N6O2S/c1-4-29(27,28)25-10-8-15(3)16(13-25)23-18-7-9-21-20(24-18)17-11-22-19-6-5-14(2)12-26(17)19/h5-7,9,11-12,15-16H,4,8,10,13H2,1-3H3,(H,21,23,24)/t15-,16+/m1/s1. The number of hydrogen-bond acceptors (Lipinski definition) is 6. The molecule has 29 heavy (non-hydrogen) atoms. The SMILES string of the molecule is CCS(=O)(=O)N1CC[C@@H](C)[C@@H](Nc2ccnc(-c3cnc4ccc(C)cn34)n2)C1. The van der Waals surface area contributed by atoms with Gasteiger partial charge in [0, 0.05) is 31.5 Å². The van der Waals surface area contributed by atoms with Crippen LogP contribution in [0.3, 0.4) is 0 Å². The second-order valence-electron chi connectivity index (χ2n) is 7.62. The van der Waals surface area contributed by atoms with E-state index in [4.69, 9.17) is 0 Å². The van der Waals surface area contributed by atoms with E-state index in [-0.39, 0.29) is 11.8 Å². The minimum absolute atomic E-state index is 0.00254. The first-order valence-corrected chi connectivity index (χ1v) is 11.5. The van der Waals surface area contributed by atoms with Crippen molar-refractivity contribution in [2.75, 3.05) is 24.2 Å². The van der Waals surface area contributed by atoms with Crippen LogP contribution in [0.1, 0.15) is 25.8 Å². The number of aryl methyl sites for hydroxylation is 1. The van der Waals surface area contributed by atoms with Crippen LogP contribution >= 0.6 is 0 Å². The predicted octanol–water partition coefficient (Wildman–Crippen LogP) is 2.57. The first-order valence-electron chi connectivity index (χ1n) is 9.89. The Balaban J connectivity index is 1.59. The fourth-order valence-electron chi connectivity index (χ4n) is 3.67. The molecule has 154 valence electrons. The van der Waals surface area contributed by atoms with Crippen LogP contribution in [-0.4, -0.2) is 57.0 Å². The summed E-state index contributed by atoms with van der Waals surface area (Å²) >= 11 is 0. The van der Waals surface area contributed by atoms with E-state index >= 15 is 0 Å². The van der Waals surface area contributed by atoms with Gasteiger partial charge in [-0.1, -0.05) is 13.0 Å². The fourth-order valence-corrected chi connectivity index (χ4v) is 4.80. The highest BCUT2D eigenvalue weighted by atomic mass is 32.2. The molecule has 2 atom stereocenters. The highest BCUT2D eigenvalue weighted by Gasteiger charge is 2.32. The molecule has 0 spiro atoms. The molecule has 4 heterocycles. The molecule has 0 bridgehead atoms. The van der Waals surface area contributed by atoms with Gasteiger partial charge < -0.3 is 5.32 Å².